The number of benzene rings is 1. The summed E-state index contributed by atoms with van der Waals surface area (Å²) in [6.07, 6.45) is 0.147. The molecule has 3 nitrogen and oxygen atoms in total. The Kier molecular flexibility index (Phi) is 5.11. The van der Waals surface area contributed by atoms with Crippen molar-refractivity contribution in [2.75, 3.05) is 7.11 Å². The molecule has 3 heteroatoms. The lowest BCUT2D eigenvalue weighted by Crippen LogP contribution is -2.18. The van der Waals surface area contributed by atoms with Gasteiger partial charge in [0, 0.05) is 11.1 Å². The predicted molar refractivity (Wildman–Crippen MR) is 91.2 cm³/mol. The summed E-state index contributed by atoms with van der Waals surface area (Å²) in [4.78, 5) is 11.5. The molecule has 0 saturated heterocycles. The summed E-state index contributed by atoms with van der Waals surface area (Å²) >= 11 is 0. The largest absolute Gasteiger partial charge is 0.507 e. The Morgan fingerprint density at radius 3 is 1.82 bits per heavy atom. The van der Waals surface area contributed by atoms with Crippen LogP contribution in [0.1, 0.15) is 64.7 Å². The zero-order chi connectivity index (χ0) is 17.3. The summed E-state index contributed by atoms with van der Waals surface area (Å²) in [5.41, 5.74) is 2.89. The van der Waals surface area contributed by atoms with Crippen molar-refractivity contribution >= 4 is 11.5 Å². The molecule has 1 N–H and O–H groups in total. The highest BCUT2D eigenvalue weighted by Gasteiger charge is 2.27. The highest BCUT2D eigenvalue weighted by atomic mass is 16.5. The van der Waals surface area contributed by atoms with Crippen LogP contribution in [-0.2, 0) is 20.4 Å². The average molecular weight is 304 g/mol. The number of carbonyl (C=O) groups excluding carboxylic acids is 1. The third-order valence-corrected chi connectivity index (χ3v) is 3.72. The van der Waals surface area contributed by atoms with Gasteiger partial charge in [-0.1, -0.05) is 48.1 Å². The minimum absolute atomic E-state index is 0.147. The molecule has 1 rings (SSSR count). The lowest BCUT2D eigenvalue weighted by Gasteiger charge is -2.28. The number of carbonyl (C=O) groups is 1. The normalized spacial score (nSPS) is 12.1. The summed E-state index contributed by atoms with van der Waals surface area (Å²) in [6.45, 7) is 16.3. The Hall–Kier alpha value is -1.77. The van der Waals surface area contributed by atoms with Gasteiger partial charge in [-0.3, -0.25) is 4.79 Å². The van der Waals surface area contributed by atoms with E-state index in [9.17, 15) is 9.90 Å². The molecule has 0 spiro atoms. The standard InChI is InChI=1S/C19H28O3/c1-12(9-16(20)22-8)13-10-14(18(2,3)4)17(21)15(11-13)19(5,6)7/h10-11,21H,1,9H2,2-8H3. The zero-order valence-electron chi connectivity index (χ0n) is 14.8. The molecule has 122 valence electrons. The van der Waals surface area contributed by atoms with Crippen molar-refractivity contribution in [1.29, 1.82) is 0 Å². The van der Waals surface area contributed by atoms with Crippen LogP contribution in [-0.4, -0.2) is 18.2 Å². The SMILES string of the molecule is C=C(CC(=O)OC)c1cc(C(C)(C)C)c(O)c(C(C)(C)C)c1. The van der Waals surface area contributed by atoms with Crippen LogP contribution in [0.5, 0.6) is 5.75 Å². The quantitative estimate of drug-likeness (QED) is 0.832. The van der Waals surface area contributed by atoms with Crippen LogP contribution in [0.15, 0.2) is 18.7 Å². The molecule has 0 unspecified atom stereocenters. The minimum Gasteiger partial charge on any atom is -0.507 e. The van der Waals surface area contributed by atoms with Crippen LogP contribution in [0.2, 0.25) is 0 Å². The Morgan fingerprint density at radius 2 is 1.50 bits per heavy atom. The van der Waals surface area contributed by atoms with Crippen molar-refractivity contribution in [3.8, 4) is 5.75 Å². The lowest BCUT2D eigenvalue weighted by atomic mass is 9.77. The number of methoxy groups -OCH3 is 1. The fourth-order valence-electron chi connectivity index (χ4n) is 2.33. The summed E-state index contributed by atoms with van der Waals surface area (Å²) in [5.74, 6) is 0.0160. The van der Waals surface area contributed by atoms with Gasteiger partial charge in [-0.2, -0.15) is 0 Å². The van der Waals surface area contributed by atoms with Gasteiger partial charge in [0.15, 0.2) is 0 Å². The number of phenols is 1. The van der Waals surface area contributed by atoms with Crippen molar-refractivity contribution in [3.63, 3.8) is 0 Å². The number of rotatable bonds is 3. The molecule has 0 bridgehead atoms. The van der Waals surface area contributed by atoms with E-state index in [1.54, 1.807) is 0 Å². The molecule has 0 amide bonds. The van der Waals surface area contributed by atoms with Crippen LogP contribution < -0.4 is 0 Å². The zero-order valence-corrected chi connectivity index (χ0v) is 14.8. The van der Waals surface area contributed by atoms with Crippen LogP contribution >= 0.6 is 0 Å². The van der Waals surface area contributed by atoms with E-state index in [2.05, 4.69) is 48.1 Å². The highest BCUT2D eigenvalue weighted by molar-refractivity contribution is 5.84. The maximum Gasteiger partial charge on any atom is 0.309 e. The first-order valence-electron chi connectivity index (χ1n) is 7.51. The number of aromatic hydroxyl groups is 1. The summed E-state index contributed by atoms with van der Waals surface area (Å²) in [5, 5.41) is 10.7. The molecule has 0 saturated carbocycles. The molecule has 0 atom stereocenters. The predicted octanol–water partition coefficient (Wildman–Crippen LogP) is 4.56. The highest BCUT2D eigenvalue weighted by Crippen LogP contribution is 2.41. The van der Waals surface area contributed by atoms with Gasteiger partial charge in [-0.25, -0.2) is 0 Å². The molecule has 0 aromatic heterocycles. The van der Waals surface area contributed by atoms with E-state index in [1.807, 2.05) is 12.1 Å². The topological polar surface area (TPSA) is 46.5 Å². The maximum absolute atomic E-state index is 11.5. The van der Waals surface area contributed by atoms with Crippen molar-refractivity contribution in [2.45, 2.75) is 58.8 Å². The third-order valence-electron chi connectivity index (χ3n) is 3.72. The van der Waals surface area contributed by atoms with Crippen LogP contribution in [0.3, 0.4) is 0 Å². The third kappa shape index (κ3) is 4.12. The average Bonchev–Trinajstić information content (AvgIpc) is 2.35. The summed E-state index contributed by atoms with van der Waals surface area (Å²) in [7, 11) is 1.37. The number of ether oxygens (including phenoxy) is 1. The summed E-state index contributed by atoms with van der Waals surface area (Å²) < 4.78 is 4.71. The van der Waals surface area contributed by atoms with E-state index in [1.165, 1.54) is 7.11 Å². The van der Waals surface area contributed by atoms with Gasteiger partial charge < -0.3 is 9.84 Å². The van der Waals surface area contributed by atoms with E-state index < -0.39 is 0 Å². The Labute approximate surface area is 134 Å². The minimum atomic E-state index is -0.312. The first-order valence-corrected chi connectivity index (χ1v) is 7.51. The van der Waals surface area contributed by atoms with Gasteiger partial charge in [0.05, 0.1) is 13.5 Å². The van der Waals surface area contributed by atoms with Gasteiger partial charge in [-0.15, -0.1) is 0 Å². The number of hydrogen-bond donors (Lipinski definition) is 1. The van der Waals surface area contributed by atoms with E-state index in [-0.39, 0.29) is 23.2 Å². The molecule has 1 aromatic rings. The van der Waals surface area contributed by atoms with Crippen molar-refractivity contribution in [1.82, 2.24) is 0 Å². The second-order valence-electron chi connectivity index (χ2n) is 7.78. The molecule has 0 heterocycles. The molecule has 0 fully saturated rings. The van der Waals surface area contributed by atoms with E-state index in [4.69, 9.17) is 4.74 Å². The fraction of sp³-hybridized carbons (Fsp3) is 0.526. The van der Waals surface area contributed by atoms with Gasteiger partial charge in [0.1, 0.15) is 5.75 Å². The second-order valence-corrected chi connectivity index (χ2v) is 7.78. The molecule has 22 heavy (non-hydrogen) atoms. The second kappa shape index (κ2) is 6.15. The van der Waals surface area contributed by atoms with Crippen LogP contribution in [0.25, 0.3) is 5.57 Å². The Balaban J connectivity index is 3.48. The molecule has 0 aliphatic heterocycles. The van der Waals surface area contributed by atoms with E-state index in [0.717, 1.165) is 16.7 Å². The summed E-state index contributed by atoms with van der Waals surface area (Å²) in [6, 6.07) is 3.85. The van der Waals surface area contributed by atoms with Crippen LogP contribution in [0.4, 0.5) is 0 Å². The monoisotopic (exact) mass is 304 g/mol. The fourth-order valence-corrected chi connectivity index (χ4v) is 2.33. The van der Waals surface area contributed by atoms with E-state index in [0.29, 0.717) is 11.3 Å². The van der Waals surface area contributed by atoms with Crippen molar-refractivity contribution in [2.24, 2.45) is 0 Å². The van der Waals surface area contributed by atoms with Gasteiger partial charge in [0.25, 0.3) is 0 Å². The molecule has 0 aliphatic carbocycles. The smallest absolute Gasteiger partial charge is 0.309 e. The van der Waals surface area contributed by atoms with Gasteiger partial charge >= 0.3 is 5.97 Å². The first-order chi connectivity index (χ1) is 9.87. The molecule has 1 aromatic carbocycles. The molecule has 0 radical (unpaired) electrons. The molecular formula is C19H28O3. The van der Waals surface area contributed by atoms with Gasteiger partial charge in [0.2, 0.25) is 0 Å². The Bertz CT molecular complexity index is 549. The number of hydrogen-bond acceptors (Lipinski definition) is 3. The van der Waals surface area contributed by atoms with Crippen molar-refractivity contribution in [3.05, 3.63) is 35.4 Å². The molecule has 0 aliphatic rings. The Morgan fingerprint density at radius 1 is 1.09 bits per heavy atom. The van der Waals surface area contributed by atoms with Crippen molar-refractivity contribution < 1.29 is 14.6 Å². The number of phenolic OH excluding ortho intramolecular Hbond substituents is 1. The van der Waals surface area contributed by atoms with Gasteiger partial charge in [-0.05, 0) is 34.1 Å². The molecular weight excluding hydrogens is 276 g/mol. The van der Waals surface area contributed by atoms with E-state index >= 15 is 0 Å². The maximum atomic E-state index is 11.5. The lowest BCUT2D eigenvalue weighted by molar-refractivity contribution is -0.139. The number of esters is 1. The first kappa shape index (κ1) is 18.3. The van der Waals surface area contributed by atoms with Crippen LogP contribution in [0, 0.1) is 0 Å².